The molecule has 0 aliphatic heterocycles. The molecule has 150 valence electrons. The molecule has 2 aromatic carbocycles. The van der Waals surface area contributed by atoms with Crippen molar-refractivity contribution in [2.45, 2.75) is 32.1 Å². The van der Waals surface area contributed by atoms with Crippen molar-refractivity contribution in [1.29, 1.82) is 0 Å². The SMILES string of the molecule is C1=C(CCNc2ncnc3scc(-c4ccc(-c5ccccc5)cc4)c23)CCCC1. The summed E-state index contributed by atoms with van der Waals surface area (Å²) in [6, 6.07) is 19.3. The summed E-state index contributed by atoms with van der Waals surface area (Å²) in [5, 5.41) is 6.92. The summed E-state index contributed by atoms with van der Waals surface area (Å²) in [5.41, 5.74) is 6.46. The van der Waals surface area contributed by atoms with E-state index < -0.39 is 0 Å². The van der Waals surface area contributed by atoms with Crippen molar-refractivity contribution in [3.63, 3.8) is 0 Å². The van der Waals surface area contributed by atoms with E-state index >= 15 is 0 Å². The third-order valence-electron chi connectivity index (χ3n) is 5.80. The largest absolute Gasteiger partial charge is 0.369 e. The second-order valence-electron chi connectivity index (χ2n) is 7.78. The molecule has 1 aliphatic carbocycles. The maximum atomic E-state index is 4.58. The molecule has 0 saturated heterocycles. The van der Waals surface area contributed by atoms with Crippen molar-refractivity contribution in [3.05, 3.63) is 78.0 Å². The number of thiophene rings is 1. The number of allylic oxidation sites excluding steroid dienone is 1. The molecule has 3 nitrogen and oxygen atoms in total. The van der Waals surface area contributed by atoms with Crippen molar-refractivity contribution in [2.75, 3.05) is 11.9 Å². The molecule has 0 saturated carbocycles. The first-order valence-corrected chi connectivity index (χ1v) is 11.6. The van der Waals surface area contributed by atoms with E-state index in [1.807, 2.05) is 0 Å². The molecule has 0 spiro atoms. The van der Waals surface area contributed by atoms with Crippen molar-refractivity contribution in [2.24, 2.45) is 0 Å². The average Bonchev–Trinajstić information content (AvgIpc) is 3.26. The Kier molecular flexibility index (Phi) is 5.58. The summed E-state index contributed by atoms with van der Waals surface area (Å²) in [6.07, 6.45) is 10.3. The quantitative estimate of drug-likeness (QED) is 0.338. The zero-order valence-corrected chi connectivity index (χ0v) is 17.8. The number of rotatable bonds is 6. The standard InChI is InChI=1S/C26H25N3S/c1-3-7-19(8-4-1)15-16-27-25-24-23(17-30-26(24)29-18-28-25)22-13-11-21(12-14-22)20-9-5-2-6-10-20/h2,5-7,9-14,17-18H,1,3-4,8,15-16H2,(H,27,28,29). The van der Waals surface area contributed by atoms with Crippen LogP contribution in [0.15, 0.2) is 78.0 Å². The first-order valence-electron chi connectivity index (χ1n) is 10.7. The first kappa shape index (κ1) is 19.0. The molecule has 0 radical (unpaired) electrons. The van der Waals surface area contributed by atoms with Gasteiger partial charge in [0.15, 0.2) is 0 Å². The number of benzene rings is 2. The van der Waals surface area contributed by atoms with Crippen molar-refractivity contribution >= 4 is 27.4 Å². The Bertz CT molecular complexity index is 1160. The molecule has 4 aromatic rings. The second kappa shape index (κ2) is 8.80. The number of fused-ring (bicyclic) bond motifs is 1. The third-order valence-corrected chi connectivity index (χ3v) is 6.68. The van der Waals surface area contributed by atoms with E-state index in [1.165, 1.54) is 47.9 Å². The lowest BCUT2D eigenvalue weighted by molar-refractivity contribution is 0.679. The number of aromatic nitrogens is 2. The van der Waals surface area contributed by atoms with Gasteiger partial charge in [-0.15, -0.1) is 11.3 Å². The van der Waals surface area contributed by atoms with Gasteiger partial charge < -0.3 is 5.32 Å². The van der Waals surface area contributed by atoms with Gasteiger partial charge in [0.05, 0.1) is 5.39 Å². The maximum Gasteiger partial charge on any atom is 0.138 e. The molecule has 0 fully saturated rings. The first-order chi connectivity index (χ1) is 14.9. The van der Waals surface area contributed by atoms with E-state index in [1.54, 1.807) is 23.2 Å². The smallest absolute Gasteiger partial charge is 0.138 e. The van der Waals surface area contributed by atoms with Crippen LogP contribution in [0.1, 0.15) is 32.1 Å². The van der Waals surface area contributed by atoms with Gasteiger partial charge in [-0.05, 0) is 48.8 Å². The van der Waals surface area contributed by atoms with Gasteiger partial charge in [0.1, 0.15) is 17.0 Å². The summed E-state index contributed by atoms with van der Waals surface area (Å²) >= 11 is 1.68. The monoisotopic (exact) mass is 411 g/mol. The van der Waals surface area contributed by atoms with E-state index in [-0.39, 0.29) is 0 Å². The molecule has 0 unspecified atom stereocenters. The predicted molar refractivity (Wildman–Crippen MR) is 128 cm³/mol. The Morgan fingerprint density at radius 3 is 2.47 bits per heavy atom. The highest BCUT2D eigenvalue weighted by molar-refractivity contribution is 7.17. The Balaban J connectivity index is 1.40. The minimum absolute atomic E-state index is 0.917. The summed E-state index contributed by atoms with van der Waals surface area (Å²) < 4.78 is 0. The van der Waals surface area contributed by atoms with Gasteiger partial charge in [-0.25, -0.2) is 9.97 Å². The molecular weight excluding hydrogens is 386 g/mol. The zero-order valence-electron chi connectivity index (χ0n) is 17.0. The minimum atomic E-state index is 0.917. The number of nitrogens with one attached hydrogen (secondary N) is 1. The van der Waals surface area contributed by atoms with Gasteiger partial charge in [0.2, 0.25) is 0 Å². The number of hydrogen-bond donors (Lipinski definition) is 1. The lowest BCUT2D eigenvalue weighted by Crippen LogP contribution is -2.06. The highest BCUT2D eigenvalue weighted by Crippen LogP contribution is 2.37. The van der Waals surface area contributed by atoms with Crippen LogP contribution in [-0.4, -0.2) is 16.5 Å². The summed E-state index contributed by atoms with van der Waals surface area (Å²) in [6.45, 7) is 0.917. The Hall–Kier alpha value is -2.98. The van der Waals surface area contributed by atoms with Crippen molar-refractivity contribution < 1.29 is 0 Å². The molecule has 0 bridgehead atoms. The highest BCUT2D eigenvalue weighted by atomic mass is 32.1. The lowest BCUT2D eigenvalue weighted by atomic mass is 9.97. The van der Waals surface area contributed by atoms with Gasteiger partial charge in [0, 0.05) is 17.5 Å². The van der Waals surface area contributed by atoms with Gasteiger partial charge in [-0.3, -0.25) is 0 Å². The zero-order chi connectivity index (χ0) is 20.2. The molecule has 30 heavy (non-hydrogen) atoms. The molecule has 5 rings (SSSR count). The normalized spacial score (nSPS) is 13.9. The summed E-state index contributed by atoms with van der Waals surface area (Å²) in [7, 11) is 0. The van der Waals surface area contributed by atoms with E-state index in [0.717, 1.165) is 29.0 Å². The number of hydrogen-bond acceptors (Lipinski definition) is 4. The second-order valence-corrected chi connectivity index (χ2v) is 8.64. The Labute approximate surface area is 181 Å². The highest BCUT2D eigenvalue weighted by Gasteiger charge is 2.13. The van der Waals surface area contributed by atoms with Gasteiger partial charge in [0.25, 0.3) is 0 Å². The third kappa shape index (κ3) is 4.01. The maximum absolute atomic E-state index is 4.58. The number of nitrogens with zero attached hydrogens (tertiary/aromatic N) is 2. The number of anilines is 1. The van der Waals surface area contributed by atoms with Crippen LogP contribution in [0.3, 0.4) is 0 Å². The van der Waals surface area contributed by atoms with Gasteiger partial charge >= 0.3 is 0 Å². The van der Waals surface area contributed by atoms with Crippen LogP contribution in [0.2, 0.25) is 0 Å². The van der Waals surface area contributed by atoms with Crippen LogP contribution in [0.5, 0.6) is 0 Å². The van der Waals surface area contributed by atoms with E-state index in [9.17, 15) is 0 Å². The molecule has 1 aliphatic rings. The fourth-order valence-corrected chi connectivity index (χ4v) is 5.08. The summed E-state index contributed by atoms with van der Waals surface area (Å²) in [5.74, 6) is 0.944. The van der Waals surface area contributed by atoms with E-state index in [0.29, 0.717) is 0 Å². The van der Waals surface area contributed by atoms with Crippen LogP contribution in [0.25, 0.3) is 32.5 Å². The van der Waals surface area contributed by atoms with Crippen molar-refractivity contribution in [1.82, 2.24) is 9.97 Å². The molecule has 4 heteroatoms. The fourth-order valence-electron chi connectivity index (χ4n) is 4.17. The fraction of sp³-hybridized carbons (Fsp3) is 0.231. The molecule has 2 aromatic heterocycles. The molecule has 0 amide bonds. The Morgan fingerprint density at radius 1 is 0.867 bits per heavy atom. The van der Waals surface area contributed by atoms with Crippen LogP contribution >= 0.6 is 11.3 Å². The summed E-state index contributed by atoms with van der Waals surface area (Å²) in [4.78, 5) is 10.1. The van der Waals surface area contributed by atoms with Gasteiger partial charge in [-0.2, -0.15) is 0 Å². The molecule has 2 heterocycles. The minimum Gasteiger partial charge on any atom is -0.369 e. The topological polar surface area (TPSA) is 37.8 Å². The van der Waals surface area contributed by atoms with Crippen molar-refractivity contribution in [3.8, 4) is 22.3 Å². The molecular formula is C26H25N3S. The predicted octanol–water partition coefficient (Wildman–Crippen LogP) is 7.33. The van der Waals surface area contributed by atoms with E-state index in [2.05, 4.69) is 81.3 Å². The molecule has 0 atom stereocenters. The lowest BCUT2D eigenvalue weighted by Gasteiger charge is -2.13. The van der Waals surface area contributed by atoms with E-state index in [4.69, 9.17) is 0 Å². The van der Waals surface area contributed by atoms with Crippen LogP contribution in [0.4, 0.5) is 5.82 Å². The van der Waals surface area contributed by atoms with Crippen LogP contribution in [0, 0.1) is 0 Å². The van der Waals surface area contributed by atoms with Gasteiger partial charge in [-0.1, -0.05) is 66.2 Å². The Morgan fingerprint density at radius 2 is 1.67 bits per heavy atom. The average molecular weight is 412 g/mol. The molecule has 1 N–H and O–H groups in total. The van der Waals surface area contributed by atoms with Crippen LogP contribution < -0.4 is 5.32 Å². The van der Waals surface area contributed by atoms with Crippen LogP contribution in [-0.2, 0) is 0 Å².